The normalized spacial score (nSPS) is 15.5. The van der Waals surface area contributed by atoms with Gasteiger partial charge in [-0.25, -0.2) is 14.8 Å². The van der Waals surface area contributed by atoms with Crippen LogP contribution < -0.4 is 10.6 Å². The van der Waals surface area contributed by atoms with Gasteiger partial charge in [-0.15, -0.1) is 0 Å². The number of likely N-dealkylation sites (tertiary alicyclic amines) is 1. The van der Waals surface area contributed by atoms with Crippen molar-refractivity contribution in [2.45, 2.75) is 25.8 Å². The van der Waals surface area contributed by atoms with Gasteiger partial charge in [0.15, 0.2) is 0 Å². The molecule has 1 atom stereocenters. The number of fused-ring (bicyclic) bond motifs is 1. The van der Waals surface area contributed by atoms with E-state index in [1.807, 2.05) is 0 Å². The summed E-state index contributed by atoms with van der Waals surface area (Å²) in [4.78, 5) is 46.0. The molecule has 1 aliphatic rings. The van der Waals surface area contributed by atoms with Gasteiger partial charge in [0.2, 0.25) is 11.9 Å². The molecule has 3 N–H and O–H groups in total. The van der Waals surface area contributed by atoms with Crippen LogP contribution in [0.4, 0.5) is 11.6 Å². The van der Waals surface area contributed by atoms with Crippen LogP contribution in [0.5, 0.6) is 0 Å². The zero-order valence-electron chi connectivity index (χ0n) is 17.5. The SMILES string of the molecule is CCC(=O)Nc1ccc(C(=O)N2CC[C@@H](Nc3ncc4ccc(C(=O)O)cc4n3)C2)cc1. The largest absolute Gasteiger partial charge is 0.478 e. The van der Waals surface area contributed by atoms with Crippen LogP contribution in [-0.4, -0.2) is 56.9 Å². The number of nitrogens with one attached hydrogen (secondary N) is 2. The van der Waals surface area contributed by atoms with E-state index >= 15 is 0 Å². The monoisotopic (exact) mass is 433 g/mol. The maximum Gasteiger partial charge on any atom is 0.335 e. The number of carboxylic acid groups (broad SMARTS) is 1. The van der Waals surface area contributed by atoms with Crippen LogP contribution >= 0.6 is 0 Å². The quantitative estimate of drug-likeness (QED) is 0.546. The first kappa shape index (κ1) is 21.2. The van der Waals surface area contributed by atoms with Gasteiger partial charge in [-0.1, -0.05) is 13.0 Å². The molecule has 164 valence electrons. The summed E-state index contributed by atoms with van der Waals surface area (Å²) in [6.45, 7) is 2.88. The van der Waals surface area contributed by atoms with E-state index in [1.165, 1.54) is 12.1 Å². The lowest BCUT2D eigenvalue weighted by molar-refractivity contribution is -0.115. The number of carbonyl (C=O) groups excluding carboxylic acids is 2. The number of benzene rings is 2. The Hall–Kier alpha value is -4.01. The zero-order valence-corrected chi connectivity index (χ0v) is 17.5. The Labute approximate surface area is 184 Å². The number of aromatic carboxylic acids is 1. The molecule has 4 rings (SSSR count). The Balaban J connectivity index is 1.39. The lowest BCUT2D eigenvalue weighted by Crippen LogP contribution is -2.31. The fourth-order valence-electron chi connectivity index (χ4n) is 3.60. The number of rotatable bonds is 6. The molecule has 2 amide bonds. The highest BCUT2D eigenvalue weighted by Crippen LogP contribution is 2.20. The highest BCUT2D eigenvalue weighted by molar-refractivity contribution is 5.96. The number of carboxylic acids is 1. The predicted octanol–water partition coefficient (Wildman–Crippen LogP) is 3.00. The van der Waals surface area contributed by atoms with Crippen molar-refractivity contribution in [3.63, 3.8) is 0 Å². The lowest BCUT2D eigenvalue weighted by atomic mass is 10.1. The molecular formula is C23H23N5O4. The van der Waals surface area contributed by atoms with E-state index in [1.54, 1.807) is 48.4 Å². The first-order valence-corrected chi connectivity index (χ1v) is 10.4. The maximum atomic E-state index is 12.8. The van der Waals surface area contributed by atoms with Crippen LogP contribution in [0.3, 0.4) is 0 Å². The first-order valence-electron chi connectivity index (χ1n) is 10.4. The third-order valence-electron chi connectivity index (χ3n) is 5.38. The smallest absolute Gasteiger partial charge is 0.335 e. The summed E-state index contributed by atoms with van der Waals surface area (Å²) in [5.74, 6) is -0.762. The second kappa shape index (κ2) is 9.01. The molecule has 0 saturated carbocycles. The summed E-state index contributed by atoms with van der Waals surface area (Å²) in [7, 11) is 0. The standard InChI is InChI=1S/C23H23N5O4/c1-2-20(29)25-17-7-5-14(6-8-17)21(30)28-10-9-18(13-28)26-23-24-12-16-4-3-15(22(31)32)11-19(16)27-23/h3-8,11-12,18H,2,9-10,13H2,1H3,(H,25,29)(H,31,32)(H,24,26,27)/t18-/m1/s1. The highest BCUT2D eigenvalue weighted by Gasteiger charge is 2.27. The van der Waals surface area contributed by atoms with E-state index in [0.29, 0.717) is 42.2 Å². The number of carbonyl (C=O) groups is 3. The molecule has 1 aliphatic heterocycles. The average Bonchev–Trinajstić information content (AvgIpc) is 3.27. The van der Waals surface area contributed by atoms with Crippen molar-refractivity contribution in [3.8, 4) is 0 Å². The van der Waals surface area contributed by atoms with Crippen LogP contribution in [0.25, 0.3) is 10.9 Å². The van der Waals surface area contributed by atoms with E-state index in [4.69, 9.17) is 5.11 Å². The summed E-state index contributed by atoms with van der Waals surface area (Å²) in [6.07, 6.45) is 2.78. The van der Waals surface area contributed by atoms with E-state index in [2.05, 4.69) is 20.6 Å². The van der Waals surface area contributed by atoms with Crippen molar-refractivity contribution in [2.75, 3.05) is 23.7 Å². The van der Waals surface area contributed by atoms with Gasteiger partial charge in [0.1, 0.15) is 0 Å². The van der Waals surface area contributed by atoms with Crippen LogP contribution in [0, 0.1) is 0 Å². The van der Waals surface area contributed by atoms with Gasteiger partial charge in [-0.05, 0) is 42.8 Å². The molecule has 0 bridgehead atoms. The molecule has 0 aliphatic carbocycles. The highest BCUT2D eigenvalue weighted by atomic mass is 16.4. The summed E-state index contributed by atoms with van der Waals surface area (Å²) in [5, 5.41) is 15.9. The molecule has 1 fully saturated rings. The van der Waals surface area contributed by atoms with Crippen molar-refractivity contribution in [1.82, 2.24) is 14.9 Å². The Bertz CT molecular complexity index is 1180. The Morgan fingerprint density at radius 2 is 1.88 bits per heavy atom. The molecule has 32 heavy (non-hydrogen) atoms. The van der Waals surface area contributed by atoms with Gasteiger partial charge in [0, 0.05) is 48.4 Å². The van der Waals surface area contributed by atoms with Crippen molar-refractivity contribution >= 4 is 40.3 Å². The summed E-state index contributed by atoms with van der Waals surface area (Å²) in [6, 6.07) is 11.6. The number of aromatic nitrogens is 2. The third kappa shape index (κ3) is 4.66. The minimum atomic E-state index is -1.01. The maximum absolute atomic E-state index is 12.8. The van der Waals surface area contributed by atoms with Crippen LogP contribution in [0.15, 0.2) is 48.7 Å². The molecule has 3 aromatic rings. The minimum Gasteiger partial charge on any atom is -0.478 e. The van der Waals surface area contributed by atoms with Crippen LogP contribution in [-0.2, 0) is 4.79 Å². The lowest BCUT2D eigenvalue weighted by Gasteiger charge is -2.17. The van der Waals surface area contributed by atoms with E-state index in [9.17, 15) is 14.4 Å². The predicted molar refractivity (Wildman–Crippen MR) is 120 cm³/mol. The average molecular weight is 433 g/mol. The number of hydrogen-bond acceptors (Lipinski definition) is 6. The van der Waals surface area contributed by atoms with Crippen molar-refractivity contribution in [1.29, 1.82) is 0 Å². The molecule has 9 nitrogen and oxygen atoms in total. The van der Waals surface area contributed by atoms with E-state index in [-0.39, 0.29) is 23.4 Å². The van der Waals surface area contributed by atoms with Crippen molar-refractivity contribution in [3.05, 3.63) is 59.8 Å². The van der Waals surface area contributed by atoms with Gasteiger partial charge >= 0.3 is 5.97 Å². The van der Waals surface area contributed by atoms with Gasteiger partial charge in [0.25, 0.3) is 5.91 Å². The number of anilines is 2. The van der Waals surface area contributed by atoms with Crippen LogP contribution in [0.2, 0.25) is 0 Å². The second-order valence-electron chi connectivity index (χ2n) is 7.63. The number of hydrogen-bond donors (Lipinski definition) is 3. The van der Waals surface area contributed by atoms with Gasteiger partial charge in [0.05, 0.1) is 11.1 Å². The number of nitrogens with zero attached hydrogens (tertiary/aromatic N) is 3. The fourth-order valence-corrected chi connectivity index (χ4v) is 3.60. The molecule has 2 heterocycles. The second-order valence-corrected chi connectivity index (χ2v) is 7.63. The van der Waals surface area contributed by atoms with Crippen molar-refractivity contribution in [2.24, 2.45) is 0 Å². The fraction of sp³-hybridized carbons (Fsp3) is 0.261. The molecule has 9 heteroatoms. The Morgan fingerprint density at radius 1 is 1.12 bits per heavy atom. The van der Waals surface area contributed by atoms with Gasteiger partial charge < -0.3 is 20.6 Å². The topological polar surface area (TPSA) is 125 Å². The Morgan fingerprint density at radius 3 is 2.59 bits per heavy atom. The summed E-state index contributed by atoms with van der Waals surface area (Å²) in [5.41, 5.74) is 1.93. The molecule has 0 unspecified atom stereocenters. The molecular weight excluding hydrogens is 410 g/mol. The molecule has 1 aromatic heterocycles. The zero-order chi connectivity index (χ0) is 22.7. The first-order chi connectivity index (χ1) is 15.4. The van der Waals surface area contributed by atoms with Crippen LogP contribution in [0.1, 0.15) is 40.5 Å². The minimum absolute atomic E-state index is 0.0119. The third-order valence-corrected chi connectivity index (χ3v) is 5.38. The van der Waals surface area contributed by atoms with Gasteiger partial charge in [-0.3, -0.25) is 9.59 Å². The molecule has 0 spiro atoms. The van der Waals surface area contributed by atoms with Gasteiger partial charge in [-0.2, -0.15) is 0 Å². The van der Waals surface area contributed by atoms with E-state index in [0.717, 1.165) is 11.8 Å². The summed E-state index contributed by atoms with van der Waals surface area (Å²) < 4.78 is 0. The summed E-state index contributed by atoms with van der Waals surface area (Å²) >= 11 is 0. The number of amides is 2. The van der Waals surface area contributed by atoms with E-state index < -0.39 is 5.97 Å². The van der Waals surface area contributed by atoms with Crippen molar-refractivity contribution < 1.29 is 19.5 Å². The molecule has 1 saturated heterocycles. The molecule has 0 radical (unpaired) electrons. The molecule has 2 aromatic carbocycles. The Kier molecular flexibility index (Phi) is 5.98.